The van der Waals surface area contributed by atoms with Gasteiger partial charge in [0.15, 0.2) is 0 Å². The fourth-order valence-corrected chi connectivity index (χ4v) is 2.07. The number of amides is 2. The average Bonchev–Trinajstić information content (AvgIpc) is 2.57. The third-order valence-electron chi connectivity index (χ3n) is 3.16. The molecule has 0 atom stereocenters. The zero-order valence-corrected chi connectivity index (χ0v) is 11.5. The van der Waals surface area contributed by atoms with Gasteiger partial charge >= 0.3 is 0 Å². The Bertz CT molecular complexity index is 516. The molecule has 2 amide bonds. The molecule has 2 rings (SSSR count). The lowest BCUT2D eigenvalue weighted by atomic mass is 10.1. The van der Waals surface area contributed by atoms with Gasteiger partial charge in [-0.15, -0.1) is 0 Å². The van der Waals surface area contributed by atoms with Crippen LogP contribution in [0.3, 0.4) is 0 Å². The molecule has 0 aromatic heterocycles. The van der Waals surface area contributed by atoms with Crippen LogP contribution >= 0.6 is 0 Å². The van der Waals surface area contributed by atoms with Gasteiger partial charge in [0.05, 0.1) is 25.1 Å². The van der Waals surface area contributed by atoms with E-state index in [2.05, 4.69) is 5.32 Å². The summed E-state index contributed by atoms with van der Waals surface area (Å²) in [4.78, 5) is 25.1. The Morgan fingerprint density at radius 2 is 2.30 bits per heavy atom. The number of hydrogen-bond donors (Lipinski definition) is 2. The van der Waals surface area contributed by atoms with E-state index in [1.165, 1.54) is 0 Å². The van der Waals surface area contributed by atoms with Gasteiger partial charge in [0.2, 0.25) is 11.8 Å². The number of carbonyl (C=O) groups is 2. The van der Waals surface area contributed by atoms with E-state index in [1.54, 1.807) is 18.0 Å². The van der Waals surface area contributed by atoms with E-state index in [0.29, 0.717) is 37.6 Å². The fourth-order valence-electron chi connectivity index (χ4n) is 2.07. The second kappa shape index (κ2) is 6.38. The first-order valence-electron chi connectivity index (χ1n) is 6.61. The number of ether oxygens (including phenoxy) is 1. The Labute approximate surface area is 117 Å². The topological polar surface area (TPSA) is 84.7 Å². The zero-order chi connectivity index (χ0) is 14.5. The monoisotopic (exact) mass is 277 g/mol. The van der Waals surface area contributed by atoms with Gasteiger partial charge in [-0.3, -0.25) is 9.59 Å². The summed E-state index contributed by atoms with van der Waals surface area (Å²) < 4.78 is 5.53. The summed E-state index contributed by atoms with van der Waals surface area (Å²) in [7, 11) is 1.72. The lowest BCUT2D eigenvalue weighted by molar-refractivity contribution is -0.120. The van der Waals surface area contributed by atoms with E-state index in [9.17, 15) is 9.59 Å². The molecule has 6 nitrogen and oxygen atoms in total. The third kappa shape index (κ3) is 3.27. The van der Waals surface area contributed by atoms with Crippen molar-refractivity contribution in [3.63, 3.8) is 0 Å². The number of nitrogens with one attached hydrogen (secondary N) is 1. The van der Waals surface area contributed by atoms with E-state index in [0.717, 1.165) is 5.56 Å². The van der Waals surface area contributed by atoms with E-state index >= 15 is 0 Å². The summed E-state index contributed by atoms with van der Waals surface area (Å²) in [6.45, 7) is 1.26. The standard InChI is InChI=1S/C14H19N3O3/c1-17-11-8-10(9-13(18)16-6-5-15)2-3-12(11)20-7-4-14(17)19/h2-3,8H,4-7,9,15H2,1H3,(H,16,18). The maximum absolute atomic E-state index is 11.8. The van der Waals surface area contributed by atoms with Gasteiger partial charge in [-0.2, -0.15) is 0 Å². The SMILES string of the molecule is CN1C(=O)CCOc2ccc(CC(=O)NCCN)cc21. The molecule has 0 unspecified atom stereocenters. The normalized spacial score (nSPS) is 14.3. The second-order valence-electron chi connectivity index (χ2n) is 4.67. The van der Waals surface area contributed by atoms with Crippen LogP contribution in [0.15, 0.2) is 18.2 Å². The van der Waals surface area contributed by atoms with E-state index < -0.39 is 0 Å². The molecule has 0 radical (unpaired) electrons. The molecule has 108 valence electrons. The van der Waals surface area contributed by atoms with Crippen molar-refractivity contribution < 1.29 is 14.3 Å². The average molecular weight is 277 g/mol. The first-order valence-corrected chi connectivity index (χ1v) is 6.61. The number of hydrogen-bond acceptors (Lipinski definition) is 4. The highest BCUT2D eigenvalue weighted by Crippen LogP contribution is 2.31. The number of benzene rings is 1. The quantitative estimate of drug-likeness (QED) is 0.814. The van der Waals surface area contributed by atoms with Gasteiger partial charge in [0, 0.05) is 20.1 Å². The Balaban J connectivity index is 2.16. The van der Waals surface area contributed by atoms with Crippen molar-refractivity contribution in [3.8, 4) is 5.75 Å². The molecule has 1 aromatic carbocycles. The van der Waals surface area contributed by atoms with Crippen molar-refractivity contribution >= 4 is 17.5 Å². The molecular formula is C14H19N3O3. The highest BCUT2D eigenvalue weighted by atomic mass is 16.5. The first kappa shape index (κ1) is 14.3. The highest BCUT2D eigenvalue weighted by Gasteiger charge is 2.20. The van der Waals surface area contributed by atoms with Crippen LogP contribution in [-0.2, 0) is 16.0 Å². The second-order valence-corrected chi connectivity index (χ2v) is 4.67. The molecule has 1 aromatic rings. The molecule has 6 heteroatoms. The number of rotatable bonds is 4. The summed E-state index contributed by atoms with van der Waals surface area (Å²) in [5.74, 6) is 0.594. The molecule has 1 heterocycles. The Morgan fingerprint density at radius 3 is 3.05 bits per heavy atom. The molecule has 1 aliphatic rings. The molecule has 0 saturated heterocycles. The third-order valence-corrected chi connectivity index (χ3v) is 3.16. The molecule has 0 aliphatic carbocycles. The zero-order valence-electron chi connectivity index (χ0n) is 11.5. The van der Waals surface area contributed by atoms with Crippen molar-refractivity contribution in [1.82, 2.24) is 5.32 Å². The van der Waals surface area contributed by atoms with Crippen LogP contribution in [0, 0.1) is 0 Å². The molecular weight excluding hydrogens is 258 g/mol. The molecule has 20 heavy (non-hydrogen) atoms. The summed E-state index contributed by atoms with van der Waals surface area (Å²) >= 11 is 0. The largest absolute Gasteiger partial charge is 0.491 e. The minimum Gasteiger partial charge on any atom is -0.491 e. The van der Waals surface area contributed by atoms with Crippen LogP contribution in [0.4, 0.5) is 5.69 Å². The lowest BCUT2D eigenvalue weighted by Crippen LogP contribution is -2.30. The van der Waals surface area contributed by atoms with E-state index in [4.69, 9.17) is 10.5 Å². The van der Waals surface area contributed by atoms with Gasteiger partial charge < -0.3 is 20.7 Å². The van der Waals surface area contributed by atoms with Crippen LogP contribution in [0.2, 0.25) is 0 Å². The predicted molar refractivity (Wildman–Crippen MR) is 75.7 cm³/mol. The smallest absolute Gasteiger partial charge is 0.230 e. The Hall–Kier alpha value is -2.08. The van der Waals surface area contributed by atoms with E-state index in [1.807, 2.05) is 12.1 Å². The predicted octanol–water partition coefficient (Wildman–Crippen LogP) is 0.0493. The van der Waals surface area contributed by atoms with Crippen LogP contribution in [-0.4, -0.2) is 38.6 Å². The number of carbonyl (C=O) groups excluding carboxylic acids is 2. The van der Waals surface area contributed by atoms with Crippen molar-refractivity contribution in [2.24, 2.45) is 5.73 Å². The van der Waals surface area contributed by atoms with E-state index in [-0.39, 0.29) is 18.2 Å². The van der Waals surface area contributed by atoms with Crippen molar-refractivity contribution in [2.45, 2.75) is 12.8 Å². The molecule has 1 aliphatic heterocycles. The summed E-state index contributed by atoms with van der Waals surface area (Å²) in [5, 5.41) is 2.72. The minimum atomic E-state index is -0.0843. The number of anilines is 1. The van der Waals surface area contributed by atoms with Gasteiger partial charge in [-0.25, -0.2) is 0 Å². The highest BCUT2D eigenvalue weighted by molar-refractivity contribution is 5.95. The molecule has 0 spiro atoms. The van der Waals surface area contributed by atoms with Crippen LogP contribution < -0.4 is 20.7 Å². The lowest BCUT2D eigenvalue weighted by Gasteiger charge is -2.17. The van der Waals surface area contributed by atoms with Gasteiger partial charge in [-0.1, -0.05) is 6.07 Å². The van der Waals surface area contributed by atoms with Gasteiger partial charge in [-0.05, 0) is 17.7 Å². The van der Waals surface area contributed by atoms with Crippen LogP contribution in [0.5, 0.6) is 5.75 Å². The van der Waals surface area contributed by atoms with Gasteiger partial charge in [0.1, 0.15) is 5.75 Å². The number of nitrogens with zero attached hydrogens (tertiary/aromatic N) is 1. The molecule has 0 fully saturated rings. The van der Waals surface area contributed by atoms with Crippen molar-refractivity contribution in [3.05, 3.63) is 23.8 Å². The Kier molecular flexibility index (Phi) is 4.57. The molecule has 0 saturated carbocycles. The van der Waals surface area contributed by atoms with Crippen LogP contribution in [0.25, 0.3) is 0 Å². The Morgan fingerprint density at radius 1 is 1.50 bits per heavy atom. The van der Waals surface area contributed by atoms with Crippen LogP contribution in [0.1, 0.15) is 12.0 Å². The van der Waals surface area contributed by atoms with Gasteiger partial charge in [0.25, 0.3) is 0 Å². The minimum absolute atomic E-state index is 0.00785. The van der Waals surface area contributed by atoms with Crippen molar-refractivity contribution in [1.29, 1.82) is 0 Å². The number of nitrogens with two attached hydrogens (primary N) is 1. The maximum Gasteiger partial charge on any atom is 0.230 e. The molecule has 0 bridgehead atoms. The fraction of sp³-hybridized carbons (Fsp3) is 0.429. The maximum atomic E-state index is 11.8. The summed E-state index contributed by atoms with van der Waals surface area (Å²) in [5.41, 5.74) is 6.88. The van der Waals surface area contributed by atoms with Crippen molar-refractivity contribution in [2.75, 3.05) is 31.6 Å². The molecule has 3 N–H and O–H groups in total. The summed E-state index contributed by atoms with van der Waals surface area (Å²) in [6, 6.07) is 5.46. The number of fused-ring (bicyclic) bond motifs is 1. The first-order chi connectivity index (χ1) is 9.61. The summed E-state index contributed by atoms with van der Waals surface area (Å²) in [6.07, 6.45) is 0.618.